The van der Waals surface area contributed by atoms with Crippen LogP contribution in [0.3, 0.4) is 0 Å². The topological polar surface area (TPSA) is 80.5 Å². The largest absolute Gasteiger partial charge is 0.368 e. The van der Waals surface area contributed by atoms with Crippen molar-refractivity contribution >= 4 is 5.96 Å². The fourth-order valence-electron chi connectivity index (χ4n) is 1.16. The Hall–Kier alpha value is -1.78. The summed E-state index contributed by atoms with van der Waals surface area (Å²) in [5.74, 6) is 5.41. The van der Waals surface area contributed by atoms with Gasteiger partial charge in [-0.05, 0) is 24.6 Å². The van der Waals surface area contributed by atoms with E-state index in [1.807, 2.05) is 26.1 Å². The first-order valence-electron chi connectivity index (χ1n) is 4.33. The zero-order valence-electron chi connectivity index (χ0n) is 8.38. The molecule has 1 aromatic rings. The number of guanidine groups is 1. The third-order valence-corrected chi connectivity index (χ3v) is 2.26. The lowest BCUT2D eigenvalue weighted by atomic mass is 10.1. The summed E-state index contributed by atoms with van der Waals surface area (Å²) in [7, 11) is 1.84. The van der Waals surface area contributed by atoms with Crippen LogP contribution in [-0.4, -0.2) is 22.9 Å². The number of hydrazone groups is 1. The van der Waals surface area contributed by atoms with Gasteiger partial charge in [0.15, 0.2) is 0 Å². The highest BCUT2D eigenvalue weighted by Crippen LogP contribution is 2.16. The molecule has 0 aliphatic carbocycles. The van der Waals surface area contributed by atoms with Gasteiger partial charge in [0.2, 0.25) is 5.96 Å². The summed E-state index contributed by atoms with van der Waals surface area (Å²) in [5, 5.41) is 3.44. The van der Waals surface area contributed by atoms with E-state index in [0.717, 1.165) is 5.56 Å². The van der Waals surface area contributed by atoms with Gasteiger partial charge in [0.05, 0.1) is 6.04 Å². The molecule has 0 aromatic carbocycles. The van der Waals surface area contributed by atoms with E-state index >= 15 is 0 Å². The van der Waals surface area contributed by atoms with E-state index in [0.29, 0.717) is 5.96 Å². The van der Waals surface area contributed by atoms with E-state index in [1.165, 1.54) is 0 Å². The average Bonchev–Trinajstić information content (AvgIpc) is 2.27. The lowest BCUT2D eigenvalue weighted by Crippen LogP contribution is -2.36. The van der Waals surface area contributed by atoms with Crippen LogP contribution in [0.5, 0.6) is 0 Å². The van der Waals surface area contributed by atoms with E-state index in [1.54, 1.807) is 17.3 Å². The second-order valence-electron chi connectivity index (χ2n) is 3.05. The predicted molar refractivity (Wildman–Crippen MR) is 56.2 cm³/mol. The average molecular weight is 193 g/mol. The number of pyridine rings is 1. The monoisotopic (exact) mass is 193 g/mol. The van der Waals surface area contributed by atoms with Crippen molar-refractivity contribution < 1.29 is 0 Å². The van der Waals surface area contributed by atoms with Crippen molar-refractivity contribution in [3.63, 3.8) is 0 Å². The number of rotatable bonds is 2. The summed E-state index contributed by atoms with van der Waals surface area (Å²) >= 11 is 0. The van der Waals surface area contributed by atoms with Crippen molar-refractivity contribution in [3.05, 3.63) is 30.1 Å². The molecule has 0 amide bonds. The highest BCUT2D eigenvalue weighted by atomic mass is 15.3. The minimum absolute atomic E-state index is 0.130. The summed E-state index contributed by atoms with van der Waals surface area (Å²) in [6, 6.07) is 4.00. The third-order valence-electron chi connectivity index (χ3n) is 2.26. The first-order chi connectivity index (χ1) is 6.66. The molecule has 0 fully saturated rings. The van der Waals surface area contributed by atoms with Crippen LogP contribution in [-0.2, 0) is 0 Å². The van der Waals surface area contributed by atoms with Crippen molar-refractivity contribution in [3.8, 4) is 0 Å². The van der Waals surface area contributed by atoms with E-state index in [-0.39, 0.29) is 6.04 Å². The zero-order valence-corrected chi connectivity index (χ0v) is 8.38. The van der Waals surface area contributed by atoms with Gasteiger partial charge in [-0.15, -0.1) is 5.10 Å². The third kappa shape index (κ3) is 2.12. The molecular weight excluding hydrogens is 178 g/mol. The van der Waals surface area contributed by atoms with Gasteiger partial charge in [0, 0.05) is 19.4 Å². The zero-order chi connectivity index (χ0) is 10.6. The van der Waals surface area contributed by atoms with Crippen LogP contribution in [0.25, 0.3) is 0 Å². The Morgan fingerprint density at radius 3 is 2.57 bits per heavy atom. The second-order valence-corrected chi connectivity index (χ2v) is 3.05. The Morgan fingerprint density at radius 2 is 2.07 bits per heavy atom. The SMILES string of the molecule is CC(c1ccncc1)N(C)/C(N)=N/N. The molecule has 14 heavy (non-hydrogen) atoms. The van der Waals surface area contributed by atoms with Gasteiger partial charge >= 0.3 is 0 Å². The van der Waals surface area contributed by atoms with Crippen molar-refractivity contribution in [1.82, 2.24) is 9.88 Å². The van der Waals surface area contributed by atoms with Gasteiger partial charge in [-0.25, -0.2) is 0 Å². The minimum atomic E-state index is 0.130. The molecule has 1 heterocycles. The molecule has 0 spiro atoms. The van der Waals surface area contributed by atoms with Crippen LogP contribution in [0.2, 0.25) is 0 Å². The summed E-state index contributed by atoms with van der Waals surface area (Å²) < 4.78 is 0. The molecule has 0 aliphatic heterocycles. The number of hydrogen-bond donors (Lipinski definition) is 2. The fourth-order valence-corrected chi connectivity index (χ4v) is 1.16. The van der Waals surface area contributed by atoms with Crippen molar-refractivity contribution in [2.75, 3.05) is 7.05 Å². The molecule has 0 aliphatic rings. The van der Waals surface area contributed by atoms with Gasteiger partial charge in [-0.2, -0.15) is 0 Å². The van der Waals surface area contributed by atoms with Crippen LogP contribution < -0.4 is 11.6 Å². The van der Waals surface area contributed by atoms with Crippen LogP contribution in [0.4, 0.5) is 0 Å². The quantitative estimate of drug-likeness (QED) is 0.305. The van der Waals surface area contributed by atoms with Gasteiger partial charge in [-0.3, -0.25) is 4.98 Å². The van der Waals surface area contributed by atoms with Crippen LogP contribution >= 0.6 is 0 Å². The standard InChI is InChI=1S/C9H15N5/c1-7(14(2)9(10)13-11)8-3-5-12-6-4-8/h3-7H,11H2,1-2H3,(H2,10,13). The van der Waals surface area contributed by atoms with Crippen molar-refractivity contribution in [2.45, 2.75) is 13.0 Å². The fraction of sp³-hybridized carbons (Fsp3) is 0.333. The maximum atomic E-state index is 5.59. The highest BCUT2D eigenvalue weighted by Gasteiger charge is 2.12. The smallest absolute Gasteiger partial charge is 0.213 e. The molecule has 1 rings (SSSR count). The molecule has 1 unspecified atom stereocenters. The molecular formula is C9H15N5. The lowest BCUT2D eigenvalue weighted by Gasteiger charge is -2.25. The molecule has 4 N–H and O–H groups in total. The highest BCUT2D eigenvalue weighted by molar-refractivity contribution is 5.77. The second kappa shape index (κ2) is 4.45. The molecule has 76 valence electrons. The van der Waals surface area contributed by atoms with E-state index in [2.05, 4.69) is 10.1 Å². The summed E-state index contributed by atoms with van der Waals surface area (Å²) in [6.07, 6.45) is 3.49. The molecule has 1 aromatic heterocycles. The van der Waals surface area contributed by atoms with Crippen molar-refractivity contribution in [1.29, 1.82) is 0 Å². The Balaban J connectivity index is 2.81. The Labute approximate surface area is 83.4 Å². The molecule has 1 atom stereocenters. The van der Waals surface area contributed by atoms with E-state index < -0.39 is 0 Å². The molecule has 0 radical (unpaired) electrons. The number of nitrogens with two attached hydrogens (primary N) is 2. The normalized spacial score (nSPS) is 13.7. The summed E-state index contributed by atoms with van der Waals surface area (Å²) in [5.41, 5.74) is 6.71. The number of aromatic nitrogens is 1. The van der Waals surface area contributed by atoms with E-state index in [4.69, 9.17) is 11.6 Å². The van der Waals surface area contributed by atoms with Gasteiger partial charge < -0.3 is 16.5 Å². The van der Waals surface area contributed by atoms with Gasteiger partial charge in [0.1, 0.15) is 0 Å². The van der Waals surface area contributed by atoms with Crippen LogP contribution in [0.1, 0.15) is 18.5 Å². The number of hydrogen-bond acceptors (Lipinski definition) is 3. The van der Waals surface area contributed by atoms with Crippen molar-refractivity contribution in [2.24, 2.45) is 16.7 Å². The summed E-state index contributed by atoms with van der Waals surface area (Å²) in [6.45, 7) is 2.02. The Morgan fingerprint density at radius 1 is 1.50 bits per heavy atom. The maximum Gasteiger partial charge on any atom is 0.213 e. The molecule has 0 bridgehead atoms. The van der Waals surface area contributed by atoms with Gasteiger partial charge in [-0.1, -0.05) is 0 Å². The Kier molecular flexibility index (Phi) is 3.28. The van der Waals surface area contributed by atoms with E-state index in [9.17, 15) is 0 Å². The maximum absolute atomic E-state index is 5.59. The first kappa shape index (κ1) is 10.3. The molecule has 0 saturated carbocycles. The first-order valence-corrected chi connectivity index (χ1v) is 4.33. The molecule has 5 nitrogen and oxygen atoms in total. The minimum Gasteiger partial charge on any atom is -0.368 e. The predicted octanol–water partition coefficient (Wildman–Crippen LogP) is 0.263. The van der Waals surface area contributed by atoms with Gasteiger partial charge in [0.25, 0.3) is 0 Å². The Bertz CT molecular complexity index is 308. The van der Waals surface area contributed by atoms with Crippen LogP contribution in [0.15, 0.2) is 29.6 Å². The molecule has 0 saturated heterocycles. The number of nitrogens with zero attached hydrogens (tertiary/aromatic N) is 3. The summed E-state index contributed by atoms with van der Waals surface area (Å²) in [4.78, 5) is 5.75. The molecule has 5 heteroatoms. The lowest BCUT2D eigenvalue weighted by molar-refractivity contribution is 0.396. The van der Waals surface area contributed by atoms with Crippen LogP contribution in [0, 0.1) is 0 Å².